The van der Waals surface area contributed by atoms with Gasteiger partial charge in [0.2, 0.25) is 0 Å². The third kappa shape index (κ3) is 4.59. The highest BCUT2D eigenvalue weighted by molar-refractivity contribution is 5.80. The van der Waals surface area contributed by atoms with Gasteiger partial charge >= 0.3 is 0 Å². The van der Waals surface area contributed by atoms with Crippen molar-refractivity contribution in [3.05, 3.63) is 47.5 Å². The van der Waals surface area contributed by atoms with Crippen LogP contribution in [-0.4, -0.2) is 38.7 Å². The first-order valence-corrected chi connectivity index (χ1v) is 9.05. The fraction of sp³-hybridized carbons (Fsp3) is 0.526. The van der Waals surface area contributed by atoms with E-state index in [1.807, 2.05) is 24.6 Å². The lowest BCUT2D eigenvalue weighted by Gasteiger charge is -2.33. The molecular weight excluding hydrogens is 312 g/mol. The van der Waals surface area contributed by atoms with Crippen molar-refractivity contribution in [2.24, 2.45) is 18.0 Å². The molecule has 1 N–H and O–H groups in total. The molecule has 1 saturated heterocycles. The summed E-state index contributed by atoms with van der Waals surface area (Å²) in [6, 6.07) is 10.4. The van der Waals surface area contributed by atoms with E-state index in [9.17, 15) is 0 Å². The zero-order valence-corrected chi connectivity index (χ0v) is 15.4. The Bertz CT molecular complexity index is 706. The van der Waals surface area contributed by atoms with E-state index in [4.69, 9.17) is 4.99 Å². The maximum absolute atomic E-state index is 4.88. The number of nitrogens with zero attached hydrogens (tertiary/aromatic N) is 5. The standard InChI is InChI=1S/C19H28N6/c1-15-8-7-11-25(14-15)19(20-12-17-9-5-4-6-10-17)21-13-18-23-22-16(2)24(18)3/h4-6,9-10,15H,7-8,11-14H2,1-3H3,(H,20,21). The molecule has 1 fully saturated rings. The summed E-state index contributed by atoms with van der Waals surface area (Å²) in [7, 11) is 2.00. The van der Waals surface area contributed by atoms with Gasteiger partial charge in [0.25, 0.3) is 0 Å². The fourth-order valence-corrected chi connectivity index (χ4v) is 3.16. The Morgan fingerprint density at radius 1 is 1.28 bits per heavy atom. The number of aliphatic imine (C=N–C) groups is 1. The topological polar surface area (TPSA) is 58.3 Å². The number of rotatable bonds is 4. The predicted molar refractivity (Wildman–Crippen MR) is 100 cm³/mol. The van der Waals surface area contributed by atoms with Crippen LogP contribution < -0.4 is 5.32 Å². The van der Waals surface area contributed by atoms with Gasteiger partial charge in [-0.05, 0) is 31.2 Å². The first-order chi connectivity index (χ1) is 12.1. The van der Waals surface area contributed by atoms with Crippen LogP contribution in [0.1, 0.15) is 37.0 Å². The van der Waals surface area contributed by atoms with E-state index >= 15 is 0 Å². The van der Waals surface area contributed by atoms with E-state index in [0.717, 1.165) is 30.7 Å². The van der Waals surface area contributed by atoms with E-state index in [2.05, 4.69) is 51.6 Å². The van der Waals surface area contributed by atoms with Crippen LogP contribution in [0.3, 0.4) is 0 Å². The number of likely N-dealkylation sites (tertiary alicyclic amines) is 1. The molecule has 0 radical (unpaired) electrons. The molecule has 0 aliphatic carbocycles. The molecule has 3 rings (SSSR count). The van der Waals surface area contributed by atoms with E-state index in [1.165, 1.54) is 18.4 Å². The SMILES string of the molecule is Cc1nnc(CNC(=NCc2ccccc2)N2CCCC(C)C2)n1C. The molecule has 134 valence electrons. The first-order valence-electron chi connectivity index (χ1n) is 9.05. The summed E-state index contributed by atoms with van der Waals surface area (Å²) in [6.45, 7) is 7.71. The Kier molecular flexibility index (Phi) is 5.68. The maximum Gasteiger partial charge on any atom is 0.194 e. The van der Waals surface area contributed by atoms with Gasteiger partial charge in [-0.1, -0.05) is 37.3 Å². The molecule has 25 heavy (non-hydrogen) atoms. The van der Waals surface area contributed by atoms with Gasteiger partial charge in [-0.2, -0.15) is 0 Å². The zero-order chi connectivity index (χ0) is 17.6. The van der Waals surface area contributed by atoms with Crippen molar-refractivity contribution in [2.45, 2.75) is 39.8 Å². The molecule has 6 heteroatoms. The van der Waals surface area contributed by atoms with Gasteiger partial charge in [-0.15, -0.1) is 10.2 Å². The molecule has 1 aromatic heterocycles. The van der Waals surface area contributed by atoms with Crippen LogP contribution in [0.2, 0.25) is 0 Å². The minimum absolute atomic E-state index is 0.635. The van der Waals surface area contributed by atoms with Gasteiger partial charge in [0.15, 0.2) is 11.8 Å². The smallest absolute Gasteiger partial charge is 0.194 e. The molecule has 6 nitrogen and oxygen atoms in total. The fourth-order valence-electron chi connectivity index (χ4n) is 3.16. The molecule has 0 saturated carbocycles. The summed E-state index contributed by atoms with van der Waals surface area (Å²) < 4.78 is 2.01. The van der Waals surface area contributed by atoms with Crippen LogP contribution in [0.25, 0.3) is 0 Å². The van der Waals surface area contributed by atoms with Crippen LogP contribution in [0, 0.1) is 12.8 Å². The lowest BCUT2D eigenvalue weighted by atomic mass is 10.0. The number of hydrogen-bond donors (Lipinski definition) is 1. The van der Waals surface area contributed by atoms with E-state index in [-0.39, 0.29) is 0 Å². The molecule has 1 aromatic carbocycles. The number of aromatic nitrogens is 3. The highest BCUT2D eigenvalue weighted by Gasteiger charge is 2.20. The van der Waals surface area contributed by atoms with Crippen LogP contribution in [0.4, 0.5) is 0 Å². The molecule has 2 heterocycles. The quantitative estimate of drug-likeness (QED) is 0.686. The Balaban J connectivity index is 1.72. The van der Waals surface area contributed by atoms with Crippen molar-refractivity contribution in [1.29, 1.82) is 0 Å². The van der Waals surface area contributed by atoms with E-state index in [0.29, 0.717) is 19.0 Å². The van der Waals surface area contributed by atoms with Gasteiger partial charge in [-0.25, -0.2) is 4.99 Å². The van der Waals surface area contributed by atoms with Crippen molar-refractivity contribution in [3.63, 3.8) is 0 Å². The second-order valence-corrected chi connectivity index (χ2v) is 6.89. The summed E-state index contributed by atoms with van der Waals surface area (Å²) >= 11 is 0. The lowest BCUT2D eigenvalue weighted by Crippen LogP contribution is -2.46. The third-order valence-electron chi connectivity index (χ3n) is 4.80. The van der Waals surface area contributed by atoms with Crippen LogP contribution in [-0.2, 0) is 20.1 Å². The average Bonchev–Trinajstić information content (AvgIpc) is 2.95. The van der Waals surface area contributed by atoms with Crippen molar-refractivity contribution in [3.8, 4) is 0 Å². The Morgan fingerprint density at radius 2 is 2.08 bits per heavy atom. The maximum atomic E-state index is 4.88. The Morgan fingerprint density at radius 3 is 2.76 bits per heavy atom. The predicted octanol–water partition coefficient (Wildman–Crippen LogP) is 2.50. The normalized spacial score (nSPS) is 18.4. The van der Waals surface area contributed by atoms with Crippen LogP contribution in [0.15, 0.2) is 35.3 Å². The molecule has 0 amide bonds. The lowest BCUT2D eigenvalue weighted by molar-refractivity contribution is 0.265. The van der Waals surface area contributed by atoms with Crippen molar-refractivity contribution in [2.75, 3.05) is 13.1 Å². The first kappa shape index (κ1) is 17.5. The summed E-state index contributed by atoms with van der Waals surface area (Å²) in [4.78, 5) is 7.25. The summed E-state index contributed by atoms with van der Waals surface area (Å²) in [5, 5.41) is 11.9. The number of nitrogens with one attached hydrogen (secondary N) is 1. The van der Waals surface area contributed by atoms with Crippen molar-refractivity contribution < 1.29 is 0 Å². The number of benzene rings is 1. The van der Waals surface area contributed by atoms with Crippen molar-refractivity contribution >= 4 is 5.96 Å². The minimum atomic E-state index is 0.635. The average molecular weight is 340 g/mol. The number of hydrogen-bond acceptors (Lipinski definition) is 3. The Labute approximate surface area is 150 Å². The summed E-state index contributed by atoms with van der Waals surface area (Å²) in [5.41, 5.74) is 1.22. The monoisotopic (exact) mass is 340 g/mol. The highest BCUT2D eigenvalue weighted by Crippen LogP contribution is 2.16. The number of guanidine groups is 1. The molecule has 0 bridgehead atoms. The van der Waals surface area contributed by atoms with E-state index in [1.54, 1.807) is 0 Å². The number of piperidine rings is 1. The van der Waals surface area contributed by atoms with Gasteiger partial charge in [0.1, 0.15) is 5.82 Å². The third-order valence-corrected chi connectivity index (χ3v) is 4.80. The second kappa shape index (κ2) is 8.14. The second-order valence-electron chi connectivity index (χ2n) is 6.89. The molecule has 0 spiro atoms. The van der Waals surface area contributed by atoms with Gasteiger partial charge in [-0.3, -0.25) is 0 Å². The minimum Gasteiger partial charge on any atom is -0.349 e. The molecule has 1 aliphatic heterocycles. The molecular formula is C19H28N6. The molecule has 1 aliphatic rings. The van der Waals surface area contributed by atoms with E-state index < -0.39 is 0 Å². The molecule has 2 aromatic rings. The number of aryl methyl sites for hydroxylation is 1. The van der Waals surface area contributed by atoms with Gasteiger partial charge in [0.05, 0.1) is 13.1 Å². The van der Waals surface area contributed by atoms with Crippen LogP contribution in [0.5, 0.6) is 0 Å². The summed E-state index contributed by atoms with van der Waals surface area (Å²) in [6.07, 6.45) is 2.52. The van der Waals surface area contributed by atoms with Crippen molar-refractivity contribution in [1.82, 2.24) is 25.0 Å². The zero-order valence-electron chi connectivity index (χ0n) is 15.4. The highest BCUT2D eigenvalue weighted by atomic mass is 15.3. The van der Waals surface area contributed by atoms with Gasteiger partial charge < -0.3 is 14.8 Å². The van der Waals surface area contributed by atoms with Gasteiger partial charge in [0, 0.05) is 20.1 Å². The van der Waals surface area contributed by atoms with Crippen LogP contribution >= 0.6 is 0 Å². The largest absolute Gasteiger partial charge is 0.349 e. The Hall–Kier alpha value is -2.37. The molecule has 1 atom stereocenters. The summed E-state index contributed by atoms with van der Waals surface area (Å²) in [5.74, 6) is 3.52. The molecule has 1 unspecified atom stereocenters.